The zero-order valence-corrected chi connectivity index (χ0v) is 16.2. The van der Waals surface area contributed by atoms with Gasteiger partial charge in [-0.15, -0.1) is 0 Å². The SMILES string of the molecule is CCN(C)C=Nc1cc(C)c(Cc2ccccc2Cl)cc1CS(=O)[O-]. The lowest BCUT2D eigenvalue weighted by Crippen LogP contribution is -2.14. The maximum Gasteiger partial charge on any atom is 0.0909 e. The van der Waals surface area contributed by atoms with Crippen molar-refractivity contribution in [3.8, 4) is 0 Å². The molecular formula is C19H22ClN2O2S-. The quantitative estimate of drug-likeness (QED) is 0.412. The fourth-order valence-corrected chi connectivity index (χ4v) is 3.12. The summed E-state index contributed by atoms with van der Waals surface area (Å²) in [5.41, 5.74) is 4.51. The van der Waals surface area contributed by atoms with Crippen molar-refractivity contribution in [2.45, 2.75) is 26.0 Å². The highest BCUT2D eigenvalue weighted by Gasteiger charge is 2.10. The Labute approximate surface area is 156 Å². The van der Waals surface area contributed by atoms with E-state index in [9.17, 15) is 8.76 Å². The third-order valence-electron chi connectivity index (χ3n) is 4.04. The average molecular weight is 378 g/mol. The maximum atomic E-state index is 11.2. The van der Waals surface area contributed by atoms with E-state index < -0.39 is 11.1 Å². The molecular weight excluding hydrogens is 356 g/mol. The second kappa shape index (κ2) is 9.13. The van der Waals surface area contributed by atoms with Crippen LogP contribution in [0.5, 0.6) is 0 Å². The Balaban J connectivity index is 2.40. The molecule has 2 aromatic rings. The van der Waals surface area contributed by atoms with Gasteiger partial charge in [0.2, 0.25) is 0 Å². The third-order valence-corrected chi connectivity index (χ3v) is 4.96. The summed E-state index contributed by atoms with van der Waals surface area (Å²) in [5.74, 6) is -0.0572. The molecule has 0 N–H and O–H groups in total. The number of rotatable bonds is 7. The Morgan fingerprint density at radius 1 is 1.24 bits per heavy atom. The summed E-state index contributed by atoms with van der Waals surface area (Å²) >= 11 is 4.08. The van der Waals surface area contributed by atoms with Gasteiger partial charge in [-0.05, 0) is 54.7 Å². The molecule has 2 aromatic carbocycles. The van der Waals surface area contributed by atoms with Gasteiger partial charge >= 0.3 is 0 Å². The van der Waals surface area contributed by atoms with E-state index in [-0.39, 0.29) is 5.75 Å². The molecule has 0 fully saturated rings. The van der Waals surface area contributed by atoms with Gasteiger partial charge in [0.05, 0.1) is 12.0 Å². The van der Waals surface area contributed by atoms with Gasteiger partial charge in [-0.25, -0.2) is 4.99 Å². The van der Waals surface area contributed by atoms with Crippen LogP contribution in [0.2, 0.25) is 5.02 Å². The van der Waals surface area contributed by atoms with Gasteiger partial charge in [-0.3, -0.25) is 4.21 Å². The first-order chi connectivity index (χ1) is 11.9. The molecule has 0 aliphatic rings. The minimum atomic E-state index is -2.17. The summed E-state index contributed by atoms with van der Waals surface area (Å²) in [4.78, 5) is 6.39. The highest BCUT2D eigenvalue weighted by molar-refractivity contribution is 7.78. The van der Waals surface area contributed by atoms with Crippen molar-refractivity contribution < 1.29 is 8.76 Å². The summed E-state index contributed by atoms with van der Waals surface area (Å²) in [6, 6.07) is 11.5. The van der Waals surface area contributed by atoms with Gasteiger partial charge in [0, 0.05) is 24.4 Å². The van der Waals surface area contributed by atoms with Gasteiger partial charge in [-0.2, -0.15) is 0 Å². The Bertz CT molecular complexity index is 793. The normalized spacial score (nSPS) is 12.5. The second-order valence-corrected chi connectivity index (χ2v) is 7.24. The summed E-state index contributed by atoms with van der Waals surface area (Å²) in [6.07, 6.45) is 2.38. The van der Waals surface area contributed by atoms with Crippen LogP contribution in [0.4, 0.5) is 5.69 Å². The second-order valence-electron chi connectivity index (χ2n) is 5.94. The van der Waals surface area contributed by atoms with Gasteiger partial charge in [0.25, 0.3) is 0 Å². The lowest BCUT2D eigenvalue weighted by molar-refractivity contribution is 0.536. The largest absolute Gasteiger partial charge is 0.772 e. The van der Waals surface area contributed by atoms with Crippen molar-refractivity contribution >= 4 is 34.7 Å². The van der Waals surface area contributed by atoms with Crippen LogP contribution in [-0.2, 0) is 23.3 Å². The number of hydrogen-bond donors (Lipinski definition) is 0. The maximum absolute atomic E-state index is 11.2. The monoisotopic (exact) mass is 377 g/mol. The number of hydrogen-bond acceptors (Lipinski definition) is 3. The van der Waals surface area contributed by atoms with E-state index in [2.05, 4.69) is 4.99 Å². The molecule has 25 heavy (non-hydrogen) atoms. The summed E-state index contributed by atoms with van der Waals surface area (Å²) < 4.78 is 22.5. The summed E-state index contributed by atoms with van der Waals surface area (Å²) in [5, 5.41) is 0.711. The van der Waals surface area contributed by atoms with Crippen molar-refractivity contribution in [3.05, 3.63) is 63.7 Å². The zero-order valence-electron chi connectivity index (χ0n) is 14.7. The zero-order chi connectivity index (χ0) is 18.4. The lowest BCUT2D eigenvalue weighted by atomic mass is 9.97. The first kappa shape index (κ1) is 19.6. The van der Waals surface area contributed by atoms with Crippen LogP contribution in [0.25, 0.3) is 0 Å². The van der Waals surface area contributed by atoms with Gasteiger partial charge in [0.1, 0.15) is 0 Å². The molecule has 134 valence electrons. The molecule has 0 bridgehead atoms. The molecule has 1 unspecified atom stereocenters. The van der Waals surface area contributed by atoms with E-state index in [0.717, 1.165) is 23.2 Å². The molecule has 0 heterocycles. The summed E-state index contributed by atoms with van der Waals surface area (Å²) in [6.45, 7) is 4.86. The van der Waals surface area contributed by atoms with Crippen LogP contribution in [0, 0.1) is 6.92 Å². The van der Waals surface area contributed by atoms with Crippen molar-refractivity contribution in [2.24, 2.45) is 4.99 Å². The molecule has 2 rings (SSSR count). The molecule has 0 saturated carbocycles. The van der Waals surface area contributed by atoms with Crippen molar-refractivity contribution in [1.29, 1.82) is 0 Å². The molecule has 0 spiro atoms. The van der Waals surface area contributed by atoms with E-state index in [1.807, 2.05) is 62.2 Å². The number of aryl methyl sites for hydroxylation is 1. The van der Waals surface area contributed by atoms with Gasteiger partial charge in [-0.1, -0.05) is 46.9 Å². The van der Waals surface area contributed by atoms with Crippen LogP contribution in [0.3, 0.4) is 0 Å². The summed E-state index contributed by atoms with van der Waals surface area (Å²) in [7, 11) is 1.92. The first-order valence-electron chi connectivity index (χ1n) is 8.06. The molecule has 1 atom stereocenters. The molecule has 6 heteroatoms. The molecule has 0 amide bonds. The van der Waals surface area contributed by atoms with E-state index in [1.165, 1.54) is 0 Å². The number of aliphatic imine (C=N–C) groups is 1. The number of halogens is 1. The minimum Gasteiger partial charge on any atom is -0.772 e. The molecule has 0 aromatic heterocycles. The van der Waals surface area contributed by atoms with Crippen LogP contribution in [-0.4, -0.2) is 33.6 Å². The first-order valence-corrected chi connectivity index (χ1v) is 9.69. The van der Waals surface area contributed by atoms with Crippen LogP contribution in [0.1, 0.15) is 29.2 Å². The molecule has 0 aliphatic heterocycles. The Morgan fingerprint density at radius 3 is 2.60 bits per heavy atom. The molecule has 0 aliphatic carbocycles. The lowest BCUT2D eigenvalue weighted by Gasteiger charge is -2.15. The van der Waals surface area contributed by atoms with Crippen molar-refractivity contribution in [1.82, 2.24) is 4.90 Å². The Morgan fingerprint density at radius 2 is 1.96 bits per heavy atom. The van der Waals surface area contributed by atoms with Crippen LogP contribution < -0.4 is 0 Å². The fourth-order valence-electron chi connectivity index (χ4n) is 2.43. The standard InChI is InChI=1S/C19H23ClN2O2S/c1-4-22(3)13-21-19-9-14(2)16(11-17(19)12-25(23)24)10-15-7-5-6-8-18(15)20/h5-9,11,13H,4,10,12H2,1-3H3,(H,23,24)/p-1. The van der Waals surface area contributed by atoms with Crippen molar-refractivity contribution in [2.75, 3.05) is 13.6 Å². The van der Waals surface area contributed by atoms with Gasteiger partial charge in [0.15, 0.2) is 0 Å². The topological polar surface area (TPSA) is 55.7 Å². The van der Waals surface area contributed by atoms with E-state index >= 15 is 0 Å². The van der Waals surface area contributed by atoms with Crippen LogP contribution in [0.15, 0.2) is 41.4 Å². The predicted octanol–water partition coefficient (Wildman–Crippen LogP) is 4.23. The fraction of sp³-hybridized carbons (Fsp3) is 0.316. The highest BCUT2D eigenvalue weighted by Crippen LogP contribution is 2.28. The third kappa shape index (κ3) is 5.66. The Hall–Kier alpha value is -1.69. The predicted molar refractivity (Wildman–Crippen MR) is 105 cm³/mol. The minimum absolute atomic E-state index is 0.0572. The van der Waals surface area contributed by atoms with E-state index in [0.29, 0.717) is 22.7 Å². The van der Waals surface area contributed by atoms with Crippen molar-refractivity contribution in [3.63, 3.8) is 0 Å². The van der Waals surface area contributed by atoms with E-state index in [1.54, 1.807) is 6.34 Å². The molecule has 4 nitrogen and oxygen atoms in total. The molecule has 0 saturated heterocycles. The number of benzene rings is 2. The smallest absolute Gasteiger partial charge is 0.0909 e. The van der Waals surface area contributed by atoms with E-state index in [4.69, 9.17) is 11.6 Å². The highest BCUT2D eigenvalue weighted by atomic mass is 35.5. The Kier molecular flexibility index (Phi) is 7.17. The molecule has 0 radical (unpaired) electrons. The average Bonchev–Trinajstić information content (AvgIpc) is 2.57. The van der Waals surface area contributed by atoms with Gasteiger partial charge < -0.3 is 9.45 Å². The number of nitrogens with zero attached hydrogens (tertiary/aromatic N) is 2. The van der Waals surface area contributed by atoms with Crippen LogP contribution >= 0.6 is 11.6 Å².